The number of ether oxygens (including phenoxy) is 1. The van der Waals surface area contributed by atoms with E-state index in [0.29, 0.717) is 17.1 Å². The molecule has 0 saturated heterocycles. The lowest BCUT2D eigenvalue weighted by atomic mass is 10.2. The Morgan fingerprint density at radius 1 is 1.14 bits per heavy atom. The molecular weight excluding hydrogens is 275 g/mol. The molecule has 0 aliphatic rings. The summed E-state index contributed by atoms with van der Waals surface area (Å²) >= 11 is 0. The third kappa shape index (κ3) is 2.43. The first-order chi connectivity index (χ1) is 10.2. The standard InChI is InChI=1S/C15H11FN2O3/c1-20-13-5-3-2-4-11(13)14-17-15(21-18-14)10-7-6-9(19)8-12(10)16/h2-8,19H,1H3. The van der Waals surface area contributed by atoms with Crippen LogP contribution in [0, 0.1) is 5.82 Å². The van der Waals surface area contributed by atoms with Crippen LogP contribution >= 0.6 is 0 Å². The molecule has 1 aromatic heterocycles. The van der Waals surface area contributed by atoms with Crippen molar-refractivity contribution < 1.29 is 18.8 Å². The van der Waals surface area contributed by atoms with Crippen LogP contribution in [0.2, 0.25) is 0 Å². The number of benzene rings is 2. The number of para-hydroxylation sites is 1. The summed E-state index contributed by atoms with van der Waals surface area (Å²) in [6.07, 6.45) is 0. The lowest BCUT2D eigenvalue weighted by Gasteiger charge is -2.03. The van der Waals surface area contributed by atoms with Crippen LogP contribution in [0.1, 0.15) is 0 Å². The van der Waals surface area contributed by atoms with E-state index in [1.54, 1.807) is 19.2 Å². The smallest absolute Gasteiger partial charge is 0.261 e. The normalized spacial score (nSPS) is 10.6. The Balaban J connectivity index is 2.04. The zero-order chi connectivity index (χ0) is 14.8. The monoisotopic (exact) mass is 286 g/mol. The van der Waals surface area contributed by atoms with Gasteiger partial charge in [0.25, 0.3) is 5.89 Å². The van der Waals surface area contributed by atoms with E-state index >= 15 is 0 Å². The number of phenolic OH excluding ortho intramolecular Hbond substituents is 1. The Morgan fingerprint density at radius 2 is 1.95 bits per heavy atom. The van der Waals surface area contributed by atoms with Gasteiger partial charge in [0, 0.05) is 6.07 Å². The SMILES string of the molecule is COc1ccccc1-c1noc(-c2ccc(O)cc2F)n1. The molecule has 5 nitrogen and oxygen atoms in total. The molecule has 0 radical (unpaired) electrons. The molecule has 0 unspecified atom stereocenters. The molecule has 0 amide bonds. The van der Waals surface area contributed by atoms with Crippen molar-refractivity contribution in [2.75, 3.05) is 7.11 Å². The minimum absolute atomic E-state index is 0.0356. The van der Waals surface area contributed by atoms with Crippen LogP contribution < -0.4 is 4.74 Å². The third-order valence-corrected chi connectivity index (χ3v) is 2.96. The molecule has 6 heteroatoms. The van der Waals surface area contributed by atoms with E-state index in [-0.39, 0.29) is 17.2 Å². The molecule has 3 aromatic rings. The van der Waals surface area contributed by atoms with Crippen molar-refractivity contribution in [3.63, 3.8) is 0 Å². The average Bonchev–Trinajstić information content (AvgIpc) is 2.96. The predicted octanol–water partition coefficient (Wildman–Crippen LogP) is 3.26. The number of hydrogen-bond acceptors (Lipinski definition) is 5. The summed E-state index contributed by atoms with van der Waals surface area (Å²) in [6, 6.07) is 10.9. The molecule has 2 aromatic carbocycles. The topological polar surface area (TPSA) is 68.4 Å². The Morgan fingerprint density at radius 3 is 2.71 bits per heavy atom. The highest BCUT2D eigenvalue weighted by atomic mass is 19.1. The van der Waals surface area contributed by atoms with E-state index in [2.05, 4.69) is 10.1 Å². The summed E-state index contributed by atoms with van der Waals surface area (Å²) in [6.45, 7) is 0. The maximum absolute atomic E-state index is 13.8. The van der Waals surface area contributed by atoms with Crippen molar-refractivity contribution in [1.29, 1.82) is 0 Å². The lowest BCUT2D eigenvalue weighted by Crippen LogP contribution is -1.89. The largest absolute Gasteiger partial charge is 0.508 e. The minimum atomic E-state index is -0.634. The van der Waals surface area contributed by atoms with E-state index in [4.69, 9.17) is 9.26 Å². The fraction of sp³-hybridized carbons (Fsp3) is 0.0667. The maximum Gasteiger partial charge on any atom is 0.261 e. The zero-order valence-electron chi connectivity index (χ0n) is 11.1. The quantitative estimate of drug-likeness (QED) is 0.800. The van der Waals surface area contributed by atoms with Crippen molar-refractivity contribution in [2.24, 2.45) is 0 Å². The number of phenols is 1. The van der Waals surface area contributed by atoms with Gasteiger partial charge in [0.05, 0.1) is 18.2 Å². The van der Waals surface area contributed by atoms with Gasteiger partial charge in [0.1, 0.15) is 17.3 Å². The number of hydrogen-bond donors (Lipinski definition) is 1. The molecule has 0 aliphatic carbocycles. The van der Waals surface area contributed by atoms with E-state index in [9.17, 15) is 9.50 Å². The fourth-order valence-electron chi connectivity index (χ4n) is 1.95. The maximum atomic E-state index is 13.8. The van der Waals surface area contributed by atoms with E-state index in [1.165, 1.54) is 12.1 Å². The Labute approximate surface area is 119 Å². The van der Waals surface area contributed by atoms with Crippen molar-refractivity contribution in [3.05, 3.63) is 48.3 Å². The Bertz CT molecular complexity index is 786. The number of halogens is 1. The summed E-state index contributed by atoms with van der Waals surface area (Å²) in [4.78, 5) is 4.17. The number of aromatic hydroxyl groups is 1. The second kappa shape index (κ2) is 5.24. The molecule has 0 saturated carbocycles. The van der Waals surface area contributed by atoms with Crippen molar-refractivity contribution in [2.45, 2.75) is 0 Å². The van der Waals surface area contributed by atoms with Gasteiger partial charge in [-0.25, -0.2) is 4.39 Å². The average molecular weight is 286 g/mol. The molecule has 0 atom stereocenters. The fourth-order valence-corrected chi connectivity index (χ4v) is 1.95. The minimum Gasteiger partial charge on any atom is -0.508 e. The van der Waals surface area contributed by atoms with Gasteiger partial charge in [-0.05, 0) is 24.3 Å². The van der Waals surface area contributed by atoms with Gasteiger partial charge in [0.2, 0.25) is 5.82 Å². The molecule has 1 heterocycles. The molecular formula is C15H11FN2O3. The molecule has 21 heavy (non-hydrogen) atoms. The van der Waals surface area contributed by atoms with Gasteiger partial charge in [-0.3, -0.25) is 0 Å². The van der Waals surface area contributed by atoms with Crippen LogP contribution in [0.3, 0.4) is 0 Å². The summed E-state index contributed by atoms with van der Waals surface area (Å²) < 4.78 is 24.1. The van der Waals surface area contributed by atoms with Crippen molar-refractivity contribution in [3.8, 4) is 34.3 Å². The van der Waals surface area contributed by atoms with Crippen LogP contribution in [0.4, 0.5) is 4.39 Å². The second-order valence-corrected chi connectivity index (χ2v) is 4.29. The first-order valence-corrected chi connectivity index (χ1v) is 6.15. The Kier molecular flexibility index (Phi) is 3.27. The molecule has 3 rings (SSSR count). The first-order valence-electron chi connectivity index (χ1n) is 6.15. The first kappa shape index (κ1) is 13.1. The zero-order valence-corrected chi connectivity index (χ0v) is 11.1. The van der Waals surface area contributed by atoms with Crippen molar-refractivity contribution in [1.82, 2.24) is 10.1 Å². The number of aromatic nitrogens is 2. The van der Waals surface area contributed by atoms with Crippen LogP contribution in [-0.4, -0.2) is 22.4 Å². The summed E-state index contributed by atoms with van der Waals surface area (Å²) in [7, 11) is 1.54. The van der Waals surface area contributed by atoms with Crippen LogP contribution in [0.5, 0.6) is 11.5 Å². The molecule has 0 aliphatic heterocycles. The summed E-state index contributed by atoms with van der Waals surface area (Å²) in [5.74, 6) is 0.130. The second-order valence-electron chi connectivity index (χ2n) is 4.29. The van der Waals surface area contributed by atoms with Crippen molar-refractivity contribution >= 4 is 0 Å². The van der Waals surface area contributed by atoms with E-state index in [1.807, 2.05) is 12.1 Å². The molecule has 0 fully saturated rings. The van der Waals surface area contributed by atoms with Gasteiger partial charge in [-0.1, -0.05) is 17.3 Å². The van der Waals surface area contributed by atoms with Gasteiger partial charge < -0.3 is 14.4 Å². The summed E-state index contributed by atoms with van der Waals surface area (Å²) in [5, 5.41) is 13.1. The van der Waals surface area contributed by atoms with Gasteiger partial charge in [-0.15, -0.1) is 0 Å². The third-order valence-electron chi connectivity index (χ3n) is 2.96. The van der Waals surface area contributed by atoms with E-state index in [0.717, 1.165) is 6.07 Å². The summed E-state index contributed by atoms with van der Waals surface area (Å²) in [5.41, 5.74) is 0.774. The molecule has 0 bridgehead atoms. The highest BCUT2D eigenvalue weighted by Crippen LogP contribution is 2.30. The van der Waals surface area contributed by atoms with Gasteiger partial charge in [-0.2, -0.15) is 4.98 Å². The Hall–Kier alpha value is -2.89. The molecule has 1 N–H and O–H groups in total. The predicted molar refractivity (Wildman–Crippen MR) is 73.3 cm³/mol. The number of rotatable bonds is 3. The number of methoxy groups -OCH3 is 1. The molecule has 0 spiro atoms. The highest BCUT2D eigenvalue weighted by molar-refractivity contribution is 5.66. The van der Waals surface area contributed by atoms with Crippen LogP contribution in [0.15, 0.2) is 47.0 Å². The van der Waals surface area contributed by atoms with Crippen LogP contribution in [-0.2, 0) is 0 Å². The van der Waals surface area contributed by atoms with Gasteiger partial charge >= 0.3 is 0 Å². The lowest BCUT2D eigenvalue weighted by molar-refractivity contribution is 0.413. The van der Waals surface area contributed by atoms with E-state index < -0.39 is 5.82 Å². The van der Waals surface area contributed by atoms with Gasteiger partial charge in [0.15, 0.2) is 0 Å². The van der Waals surface area contributed by atoms with Crippen LogP contribution in [0.25, 0.3) is 22.8 Å². The molecule has 106 valence electrons. The highest BCUT2D eigenvalue weighted by Gasteiger charge is 2.16. The number of nitrogens with zero attached hydrogens (tertiary/aromatic N) is 2.